The van der Waals surface area contributed by atoms with Gasteiger partial charge in [0.1, 0.15) is 16.7 Å². The minimum atomic E-state index is -0.248. The quantitative estimate of drug-likeness (QED) is 0.862. The standard InChI is InChI=1S/C13H16FN3S/c1-3-6-18-13-8-12(15)17(16-13)11-5-4-10(14)7-9(11)2/h4-5,7-8H,3,6,15H2,1-2H3. The maximum Gasteiger partial charge on any atom is 0.128 e. The van der Waals surface area contributed by atoms with Gasteiger partial charge in [0.15, 0.2) is 0 Å². The molecule has 2 rings (SSSR count). The summed E-state index contributed by atoms with van der Waals surface area (Å²) in [6.07, 6.45) is 1.09. The zero-order valence-electron chi connectivity index (χ0n) is 10.5. The van der Waals surface area contributed by atoms with Gasteiger partial charge >= 0.3 is 0 Å². The van der Waals surface area contributed by atoms with E-state index < -0.39 is 0 Å². The molecule has 1 heterocycles. The van der Waals surface area contributed by atoms with Crippen molar-refractivity contribution >= 4 is 17.6 Å². The summed E-state index contributed by atoms with van der Waals surface area (Å²) in [5.41, 5.74) is 7.58. The van der Waals surface area contributed by atoms with Gasteiger partial charge in [-0.15, -0.1) is 11.8 Å². The molecule has 0 amide bonds. The zero-order chi connectivity index (χ0) is 13.1. The van der Waals surface area contributed by atoms with Gasteiger partial charge in [-0.1, -0.05) is 6.92 Å². The average molecular weight is 265 g/mol. The molecular weight excluding hydrogens is 249 g/mol. The Labute approximate surface area is 110 Å². The molecule has 0 spiro atoms. The van der Waals surface area contributed by atoms with E-state index in [1.165, 1.54) is 12.1 Å². The van der Waals surface area contributed by atoms with Crippen LogP contribution in [0, 0.1) is 12.7 Å². The molecular formula is C13H16FN3S. The van der Waals surface area contributed by atoms with Crippen LogP contribution in [-0.4, -0.2) is 15.5 Å². The van der Waals surface area contributed by atoms with E-state index in [1.54, 1.807) is 22.5 Å². The predicted molar refractivity (Wildman–Crippen MR) is 73.7 cm³/mol. The van der Waals surface area contributed by atoms with E-state index in [1.807, 2.05) is 13.0 Å². The van der Waals surface area contributed by atoms with Crippen molar-refractivity contribution in [2.24, 2.45) is 0 Å². The third-order valence-electron chi connectivity index (χ3n) is 2.56. The second-order valence-electron chi connectivity index (χ2n) is 4.10. The first-order chi connectivity index (χ1) is 8.61. The minimum Gasteiger partial charge on any atom is -0.384 e. The van der Waals surface area contributed by atoms with E-state index in [2.05, 4.69) is 12.0 Å². The van der Waals surface area contributed by atoms with Crippen LogP contribution >= 0.6 is 11.8 Å². The number of thioether (sulfide) groups is 1. The highest BCUT2D eigenvalue weighted by Gasteiger charge is 2.09. The van der Waals surface area contributed by atoms with Crippen molar-refractivity contribution in [1.29, 1.82) is 0 Å². The van der Waals surface area contributed by atoms with Gasteiger partial charge in [0.05, 0.1) is 5.69 Å². The van der Waals surface area contributed by atoms with Crippen molar-refractivity contribution in [3.63, 3.8) is 0 Å². The third-order valence-corrected chi connectivity index (χ3v) is 3.66. The monoisotopic (exact) mass is 265 g/mol. The normalized spacial score (nSPS) is 10.8. The van der Waals surface area contributed by atoms with Crippen molar-refractivity contribution in [2.45, 2.75) is 25.3 Å². The first kappa shape index (κ1) is 13.0. The van der Waals surface area contributed by atoms with E-state index >= 15 is 0 Å². The number of hydrogen-bond donors (Lipinski definition) is 1. The van der Waals surface area contributed by atoms with E-state index in [-0.39, 0.29) is 5.82 Å². The summed E-state index contributed by atoms with van der Waals surface area (Å²) in [6.45, 7) is 3.97. The lowest BCUT2D eigenvalue weighted by atomic mass is 10.2. The van der Waals surface area contributed by atoms with Crippen LogP contribution in [0.4, 0.5) is 10.2 Å². The number of halogens is 1. The Morgan fingerprint density at radius 1 is 1.39 bits per heavy atom. The number of hydrogen-bond acceptors (Lipinski definition) is 3. The van der Waals surface area contributed by atoms with Crippen molar-refractivity contribution in [3.8, 4) is 5.69 Å². The summed E-state index contributed by atoms with van der Waals surface area (Å²) in [5.74, 6) is 1.34. The van der Waals surface area contributed by atoms with Crippen molar-refractivity contribution in [1.82, 2.24) is 9.78 Å². The topological polar surface area (TPSA) is 43.8 Å². The summed E-state index contributed by atoms with van der Waals surface area (Å²) in [7, 11) is 0. The van der Waals surface area contributed by atoms with Gasteiger partial charge < -0.3 is 5.73 Å². The van der Waals surface area contributed by atoms with Gasteiger partial charge in [-0.25, -0.2) is 9.07 Å². The van der Waals surface area contributed by atoms with Gasteiger partial charge in [-0.3, -0.25) is 0 Å². The van der Waals surface area contributed by atoms with Crippen LogP contribution in [0.3, 0.4) is 0 Å². The SMILES string of the molecule is CCCSc1cc(N)n(-c2ccc(F)cc2C)n1. The van der Waals surface area contributed by atoms with E-state index in [9.17, 15) is 4.39 Å². The lowest BCUT2D eigenvalue weighted by molar-refractivity contribution is 0.625. The molecule has 2 N–H and O–H groups in total. The first-order valence-electron chi connectivity index (χ1n) is 5.86. The molecule has 2 aromatic rings. The highest BCUT2D eigenvalue weighted by Crippen LogP contribution is 2.24. The molecule has 1 aromatic heterocycles. The number of aryl methyl sites for hydroxylation is 1. The molecule has 3 nitrogen and oxygen atoms in total. The Morgan fingerprint density at radius 2 is 2.17 bits per heavy atom. The van der Waals surface area contributed by atoms with E-state index in [4.69, 9.17) is 5.73 Å². The molecule has 0 aliphatic heterocycles. The molecule has 0 atom stereocenters. The minimum absolute atomic E-state index is 0.248. The van der Waals surface area contributed by atoms with Gasteiger partial charge in [-0.05, 0) is 42.9 Å². The summed E-state index contributed by atoms with van der Waals surface area (Å²) in [6, 6.07) is 6.45. The molecule has 18 heavy (non-hydrogen) atoms. The molecule has 96 valence electrons. The number of benzene rings is 1. The maximum absolute atomic E-state index is 13.1. The lowest BCUT2D eigenvalue weighted by Crippen LogP contribution is -2.03. The average Bonchev–Trinajstić information content (AvgIpc) is 2.68. The summed E-state index contributed by atoms with van der Waals surface area (Å²) >= 11 is 1.67. The van der Waals surface area contributed by atoms with Crippen LogP contribution < -0.4 is 5.73 Å². The lowest BCUT2D eigenvalue weighted by Gasteiger charge is -2.07. The Kier molecular flexibility index (Phi) is 3.91. The smallest absolute Gasteiger partial charge is 0.128 e. The molecule has 0 fully saturated rings. The molecule has 0 saturated heterocycles. The number of nitrogens with two attached hydrogens (primary N) is 1. The van der Waals surface area contributed by atoms with Crippen LogP contribution in [0.2, 0.25) is 0 Å². The molecule has 0 radical (unpaired) electrons. The molecule has 0 aliphatic rings. The Balaban J connectivity index is 2.35. The molecule has 1 aromatic carbocycles. The highest BCUT2D eigenvalue weighted by atomic mass is 32.2. The van der Waals surface area contributed by atoms with Gasteiger partial charge in [0.2, 0.25) is 0 Å². The van der Waals surface area contributed by atoms with Crippen molar-refractivity contribution in [3.05, 3.63) is 35.6 Å². The number of nitrogens with zero attached hydrogens (tertiary/aromatic N) is 2. The van der Waals surface area contributed by atoms with Gasteiger partial charge in [0, 0.05) is 6.07 Å². The van der Waals surface area contributed by atoms with Crippen LogP contribution in [-0.2, 0) is 0 Å². The van der Waals surface area contributed by atoms with Crippen LogP contribution in [0.1, 0.15) is 18.9 Å². The van der Waals surface area contributed by atoms with Crippen molar-refractivity contribution < 1.29 is 4.39 Å². The fourth-order valence-corrected chi connectivity index (χ4v) is 2.46. The zero-order valence-corrected chi connectivity index (χ0v) is 11.3. The largest absolute Gasteiger partial charge is 0.384 e. The van der Waals surface area contributed by atoms with E-state index in [0.717, 1.165) is 28.5 Å². The van der Waals surface area contributed by atoms with E-state index in [0.29, 0.717) is 5.82 Å². The molecule has 0 unspecified atom stereocenters. The Bertz CT molecular complexity index is 551. The predicted octanol–water partition coefficient (Wildman–Crippen LogP) is 3.40. The van der Waals surface area contributed by atoms with Crippen molar-refractivity contribution in [2.75, 3.05) is 11.5 Å². The second-order valence-corrected chi connectivity index (χ2v) is 5.21. The summed E-state index contributed by atoms with van der Waals surface area (Å²) in [4.78, 5) is 0. The molecule has 5 heteroatoms. The third kappa shape index (κ3) is 2.67. The van der Waals surface area contributed by atoms with Crippen LogP contribution in [0.15, 0.2) is 29.3 Å². The molecule has 0 bridgehead atoms. The Hall–Kier alpha value is -1.49. The van der Waals surface area contributed by atoms with Gasteiger partial charge in [-0.2, -0.15) is 5.10 Å². The Morgan fingerprint density at radius 3 is 2.83 bits per heavy atom. The summed E-state index contributed by atoms with van der Waals surface area (Å²) in [5, 5.41) is 5.34. The van der Waals surface area contributed by atoms with Crippen LogP contribution in [0.25, 0.3) is 5.69 Å². The first-order valence-corrected chi connectivity index (χ1v) is 6.85. The highest BCUT2D eigenvalue weighted by molar-refractivity contribution is 7.99. The van der Waals surface area contributed by atoms with Gasteiger partial charge in [0.25, 0.3) is 0 Å². The molecule has 0 saturated carbocycles. The number of aromatic nitrogens is 2. The molecule has 0 aliphatic carbocycles. The number of anilines is 1. The van der Waals surface area contributed by atoms with Crippen LogP contribution in [0.5, 0.6) is 0 Å². The summed E-state index contributed by atoms with van der Waals surface area (Å²) < 4.78 is 14.7. The fourth-order valence-electron chi connectivity index (χ4n) is 1.70. The maximum atomic E-state index is 13.1. The second kappa shape index (κ2) is 5.44. The number of nitrogen functional groups attached to an aromatic ring is 1. The fraction of sp³-hybridized carbons (Fsp3) is 0.308. The number of rotatable bonds is 4.